The van der Waals surface area contributed by atoms with E-state index in [-0.39, 0.29) is 6.09 Å². The number of nitrogens with zero attached hydrogens (tertiary/aromatic N) is 2. The second-order valence-electron chi connectivity index (χ2n) is 8.34. The highest BCUT2D eigenvalue weighted by molar-refractivity contribution is 5.67. The summed E-state index contributed by atoms with van der Waals surface area (Å²) in [6, 6.07) is 0. The van der Waals surface area contributed by atoms with Crippen molar-refractivity contribution in [2.75, 3.05) is 0 Å². The summed E-state index contributed by atoms with van der Waals surface area (Å²) in [5.41, 5.74) is 2.17. The van der Waals surface area contributed by atoms with Gasteiger partial charge in [0.25, 0.3) is 0 Å². The number of ether oxygens (including phenoxy) is 1. The molecule has 1 amide bonds. The fourth-order valence-corrected chi connectivity index (χ4v) is 2.97. The van der Waals surface area contributed by atoms with E-state index in [1.807, 2.05) is 38.7 Å². The highest BCUT2D eigenvalue weighted by atomic mass is 16.6. The van der Waals surface area contributed by atoms with Gasteiger partial charge in [-0.25, -0.2) is 4.79 Å². The van der Waals surface area contributed by atoms with Crippen LogP contribution in [0.3, 0.4) is 0 Å². The fourth-order valence-electron chi connectivity index (χ4n) is 2.97. The van der Waals surface area contributed by atoms with Crippen LogP contribution in [0.4, 0.5) is 4.79 Å². The van der Waals surface area contributed by atoms with E-state index in [1.165, 1.54) is 12.0 Å². The minimum absolute atomic E-state index is 0.316. The number of hydrogen-bond acceptors (Lipinski definition) is 3. The van der Waals surface area contributed by atoms with Crippen molar-refractivity contribution in [1.29, 1.82) is 0 Å². The first kappa shape index (κ1) is 16.8. The van der Waals surface area contributed by atoms with E-state index in [2.05, 4.69) is 31.2 Å². The zero-order valence-electron chi connectivity index (χ0n) is 14.9. The summed E-state index contributed by atoms with van der Waals surface area (Å²) in [5.74, 6) is 1.25. The van der Waals surface area contributed by atoms with Crippen LogP contribution >= 0.6 is 0 Å². The van der Waals surface area contributed by atoms with Crippen LogP contribution in [-0.4, -0.2) is 21.5 Å². The zero-order valence-corrected chi connectivity index (χ0v) is 14.9. The van der Waals surface area contributed by atoms with E-state index in [1.54, 1.807) is 0 Å². The number of hydrogen-bond donors (Lipinski definition) is 1. The third-order valence-corrected chi connectivity index (χ3v) is 4.20. The average Bonchev–Trinajstić information content (AvgIpc) is 3.04. The Morgan fingerprint density at radius 1 is 1.36 bits per heavy atom. The third-order valence-electron chi connectivity index (χ3n) is 4.20. The predicted molar refractivity (Wildman–Crippen MR) is 86.6 cm³/mol. The van der Waals surface area contributed by atoms with Gasteiger partial charge in [0.2, 0.25) is 0 Å². The highest BCUT2D eigenvalue weighted by Crippen LogP contribution is 2.57. The molecule has 2 rings (SSSR count). The normalized spacial score (nSPS) is 21.6. The van der Waals surface area contributed by atoms with E-state index < -0.39 is 5.60 Å². The van der Waals surface area contributed by atoms with Gasteiger partial charge in [0.05, 0.1) is 18.4 Å². The molecule has 1 fully saturated rings. The first-order valence-electron chi connectivity index (χ1n) is 7.96. The Hall–Kier alpha value is -1.52. The van der Waals surface area contributed by atoms with Crippen LogP contribution in [0.1, 0.15) is 65.1 Å². The van der Waals surface area contributed by atoms with Crippen LogP contribution in [0, 0.1) is 11.3 Å². The molecule has 0 radical (unpaired) electrons. The van der Waals surface area contributed by atoms with Crippen LogP contribution in [0.25, 0.3) is 0 Å². The van der Waals surface area contributed by atoms with Crippen LogP contribution in [0.5, 0.6) is 0 Å². The molecule has 124 valence electrons. The lowest BCUT2D eigenvalue weighted by Crippen LogP contribution is -2.32. The number of amides is 1. The number of nitrogens with one attached hydrogen (secondary N) is 1. The molecule has 1 N–H and O–H groups in total. The molecule has 0 bridgehead atoms. The second-order valence-corrected chi connectivity index (χ2v) is 8.34. The van der Waals surface area contributed by atoms with Crippen molar-refractivity contribution < 1.29 is 9.53 Å². The molecule has 0 aliphatic heterocycles. The molecule has 1 aliphatic carbocycles. The molecule has 2 atom stereocenters. The summed E-state index contributed by atoms with van der Waals surface area (Å²) in [4.78, 5) is 11.8. The standard InChI is InChI=1S/C17H29N3O2/c1-16(2,3)13-8-11(13)12-9-19-20(7)14(12)10-18-15(21)22-17(4,5)6/h9,11,13H,8,10H2,1-7H3,(H,18,21)/t11-,13+/m0/s1. The minimum atomic E-state index is -0.479. The number of rotatable bonds is 3. The van der Waals surface area contributed by atoms with Crippen molar-refractivity contribution in [3.63, 3.8) is 0 Å². The quantitative estimate of drug-likeness (QED) is 0.928. The van der Waals surface area contributed by atoms with Gasteiger partial charge in [0, 0.05) is 7.05 Å². The molecule has 22 heavy (non-hydrogen) atoms. The number of alkyl carbamates (subject to hydrolysis) is 1. The lowest BCUT2D eigenvalue weighted by atomic mass is 9.88. The van der Waals surface area contributed by atoms with E-state index >= 15 is 0 Å². The van der Waals surface area contributed by atoms with Gasteiger partial charge in [-0.2, -0.15) is 5.10 Å². The summed E-state index contributed by atoms with van der Waals surface area (Å²) in [7, 11) is 1.92. The molecule has 1 aromatic rings. The van der Waals surface area contributed by atoms with Crippen molar-refractivity contribution in [2.24, 2.45) is 18.4 Å². The third kappa shape index (κ3) is 4.02. The lowest BCUT2D eigenvalue weighted by molar-refractivity contribution is 0.0522. The topological polar surface area (TPSA) is 56.2 Å². The SMILES string of the molecule is Cn1ncc([C@@H]2C[C@H]2C(C)(C)C)c1CNC(=O)OC(C)(C)C. The summed E-state index contributed by atoms with van der Waals surface area (Å²) in [6.45, 7) is 12.9. The maximum Gasteiger partial charge on any atom is 0.407 e. The van der Waals surface area contributed by atoms with Crippen molar-refractivity contribution in [3.8, 4) is 0 Å². The summed E-state index contributed by atoms with van der Waals surface area (Å²) < 4.78 is 7.14. The van der Waals surface area contributed by atoms with Crippen LogP contribution in [0.15, 0.2) is 6.20 Å². The Balaban J connectivity index is 2.01. The number of aromatic nitrogens is 2. The van der Waals surface area contributed by atoms with Crippen molar-refractivity contribution in [3.05, 3.63) is 17.5 Å². The molecule has 0 unspecified atom stereocenters. The van der Waals surface area contributed by atoms with Gasteiger partial charge in [-0.1, -0.05) is 20.8 Å². The zero-order chi connectivity index (χ0) is 16.7. The van der Waals surface area contributed by atoms with Crippen molar-refractivity contribution in [2.45, 2.75) is 66.0 Å². The fraction of sp³-hybridized carbons (Fsp3) is 0.765. The number of carbonyl (C=O) groups is 1. The molecule has 0 spiro atoms. The Bertz CT molecular complexity index is 549. The van der Waals surface area contributed by atoms with Gasteiger partial charge in [-0.05, 0) is 50.0 Å². The molecular formula is C17H29N3O2. The van der Waals surface area contributed by atoms with Gasteiger partial charge < -0.3 is 10.1 Å². The minimum Gasteiger partial charge on any atom is -0.444 e. The van der Waals surface area contributed by atoms with Crippen molar-refractivity contribution >= 4 is 6.09 Å². The monoisotopic (exact) mass is 307 g/mol. The maximum atomic E-state index is 11.8. The molecule has 1 saturated carbocycles. The lowest BCUT2D eigenvalue weighted by Gasteiger charge is -2.20. The summed E-state index contributed by atoms with van der Waals surface area (Å²) in [5, 5.41) is 7.21. The number of aryl methyl sites for hydroxylation is 1. The molecule has 0 aromatic carbocycles. The number of carbonyl (C=O) groups excluding carboxylic acids is 1. The molecule has 5 nitrogen and oxygen atoms in total. The largest absolute Gasteiger partial charge is 0.444 e. The van der Waals surface area contributed by atoms with Gasteiger partial charge in [-0.15, -0.1) is 0 Å². The van der Waals surface area contributed by atoms with Gasteiger partial charge in [0.1, 0.15) is 5.60 Å². The Kier molecular flexibility index (Phi) is 4.28. The molecule has 0 saturated heterocycles. The second kappa shape index (κ2) is 5.60. The van der Waals surface area contributed by atoms with E-state index in [0.717, 1.165) is 5.69 Å². The van der Waals surface area contributed by atoms with Crippen LogP contribution in [0.2, 0.25) is 0 Å². The molecule has 5 heteroatoms. The Labute approximate surface area is 133 Å². The van der Waals surface area contributed by atoms with Gasteiger partial charge >= 0.3 is 6.09 Å². The summed E-state index contributed by atoms with van der Waals surface area (Å²) in [6.07, 6.45) is 2.76. The van der Waals surface area contributed by atoms with E-state index in [4.69, 9.17) is 4.74 Å². The molecule has 1 aliphatic rings. The van der Waals surface area contributed by atoms with E-state index in [0.29, 0.717) is 23.8 Å². The maximum absolute atomic E-state index is 11.8. The Morgan fingerprint density at radius 2 is 2.00 bits per heavy atom. The summed E-state index contributed by atoms with van der Waals surface area (Å²) >= 11 is 0. The Morgan fingerprint density at radius 3 is 2.50 bits per heavy atom. The smallest absolute Gasteiger partial charge is 0.407 e. The first-order chi connectivity index (χ1) is 9.99. The molecule has 1 aromatic heterocycles. The van der Waals surface area contributed by atoms with Gasteiger partial charge in [0.15, 0.2) is 0 Å². The van der Waals surface area contributed by atoms with E-state index in [9.17, 15) is 4.79 Å². The van der Waals surface area contributed by atoms with Crippen LogP contribution in [-0.2, 0) is 18.3 Å². The predicted octanol–water partition coefficient (Wildman–Crippen LogP) is 3.59. The molecular weight excluding hydrogens is 278 g/mol. The van der Waals surface area contributed by atoms with Gasteiger partial charge in [-0.3, -0.25) is 4.68 Å². The highest BCUT2D eigenvalue weighted by Gasteiger charge is 2.47. The molecule has 1 heterocycles. The average molecular weight is 307 g/mol. The van der Waals surface area contributed by atoms with Crippen LogP contribution < -0.4 is 5.32 Å². The first-order valence-corrected chi connectivity index (χ1v) is 7.96. The van der Waals surface area contributed by atoms with Crippen molar-refractivity contribution in [1.82, 2.24) is 15.1 Å².